The molecule has 0 unspecified atom stereocenters. The van der Waals surface area contributed by atoms with Crippen LogP contribution in [0.5, 0.6) is 5.75 Å². The molecule has 2 rings (SSSR count). The molecule has 112 valence electrons. The van der Waals surface area contributed by atoms with Crippen LogP contribution in [0.15, 0.2) is 22.6 Å². The van der Waals surface area contributed by atoms with Crippen molar-refractivity contribution in [2.24, 2.45) is 0 Å². The number of hydrogen-bond donors (Lipinski definition) is 0. The fourth-order valence-electron chi connectivity index (χ4n) is 1.97. The molecule has 0 bridgehead atoms. The first-order valence-corrected chi connectivity index (χ1v) is 6.90. The second-order valence-electron chi connectivity index (χ2n) is 4.38. The maximum atomic E-state index is 11.8. The number of aromatic nitrogens is 1. The Balaban J connectivity index is 2.54. The van der Waals surface area contributed by atoms with Gasteiger partial charge in [0, 0.05) is 5.02 Å². The van der Waals surface area contributed by atoms with Gasteiger partial charge in [0.2, 0.25) is 11.7 Å². The number of nitrogens with zero attached hydrogens (tertiary/aromatic N) is 1. The number of aryl methyl sites for hydroxylation is 1. The molecule has 1 aromatic carbocycles. The van der Waals surface area contributed by atoms with Crippen LogP contribution in [-0.2, 0) is 11.2 Å². The molecule has 0 saturated carbocycles. The van der Waals surface area contributed by atoms with Crippen LogP contribution >= 0.6 is 11.6 Å². The molecular weight excluding hydrogens is 294 g/mol. The van der Waals surface area contributed by atoms with Crippen LogP contribution < -0.4 is 4.74 Å². The van der Waals surface area contributed by atoms with Crippen molar-refractivity contribution in [1.29, 1.82) is 0 Å². The van der Waals surface area contributed by atoms with Gasteiger partial charge in [-0.25, -0.2) is 9.78 Å². The molecule has 1 heterocycles. The number of esters is 1. The zero-order valence-corrected chi connectivity index (χ0v) is 12.9. The van der Waals surface area contributed by atoms with Gasteiger partial charge >= 0.3 is 5.97 Å². The Bertz CT molecular complexity index is 651. The maximum absolute atomic E-state index is 11.8. The minimum absolute atomic E-state index is 0.122. The zero-order valence-electron chi connectivity index (χ0n) is 12.1. The van der Waals surface area contributed by atoms with Crippen molar-refractivity contribution in [1.82, 2.24) is 4.98 Å². The lowest BCUT2D eigenvalue weighted by atomic mass is 10.2. The monoisotopic (exact) mass is 309 g/mol. The summed E-state index contributed by atoms with van der Waals surface area (Å²) in [6.07, 6.45) is 1.46. The van der Waals surface area contributed by atoms with Crippen LogP contribution in [0, 0.1) is 0 Å². The van der Waals surface area contributed by atoms with Gasteiger partial charge in [-0.2, -0.15) is 0 Å². The van der Waals surface area contributed by atoms with E-state index in [-0.39, 0.29) is 5.76 Å². The molecule has 0 aliphatic carbocycles. The van der Waals surface area contributed by atoms with Crippen LogP contribution in [0.4, 0.5) is 0 Å². The maximum Gasteiger partial charge on any atom is 0.376 e. The molecule has 6 heteroatoms. The highest BCUT2D eigenvalue weighted by Gasteiger charge is 2.22. The molecule has 5 nitrogen and oxygen atoms in total. The summed E-state index contributed by atoms with van der Waals surface area (Å²) in [6.45, 7) is 2.00. The van der Waals surface area contributed by atoms with Crippen LogP contribution in [0.3, 0.4) is 0 Å². The molecule has 0 aliphatic heterocycles. The van der Waals surface area contributed by atoms with Crippen LogP contribution in [-0.4, -0.2) is 25.2 Å². The Morgan fingerprint density at radius 1 is 1.38 bits per heavy atom. The average molecular weight is 310 g/mol. The van der Waals surface area contributed by atoms with Gasteiger partial charge in [-0.15, -0.1) is 0 Å². The first kappa shape index (κ1) is 15.4. The summed E-state index contributed by atoms with van der Waals surface area (Å²) < 4.78 is 15.6. The Labute approximate surface area is 127 Å². The van der Waals surface area contributed by atoms with Crippen molar-refractivity contribution in [3.63, 3.8) is 0 Å². The molecule has 0 radical (unpaired) electrons. The van der Waals surface area contributed by atoms with Crippen LogP contribution in [0.1, 0.15) is 29.6 Å². The van der Waals surface area contributed by atoms with Crippen molar-refractivity contribution in [2.45, 2.75) is 19.8 Å². The molecule has 21 heavy (non-hydrogen) atoms. The van der Waals surface area contributed by atoms with Gasteiger partial charge in [0.15, 0.2) is 0 Å². The van der Waals surface area contributed by atoms with Crippen molar-refractivity contribution in [3.8, 4) is 17.2 Å². The Hall–Kier alpha value is -2.01. The fourth-order valence-corrected chi connectivity index (χ4v) is 2.14. The van der Waals surface area contributed by atoms with E-state index in [9.17, 15) is 4.79 Å². The third-order valence-corrected chi connectivity index (χ3v) is 3.18. The highest BCUT2D eigenvalue weighted by atomic mass is 35.5. The molecular formula is C15H16ClNO4. The third-order valence-electron chi connectivity index (χ3n) is 2.95. The molecule has 0 amide bonds. The molecule has 0 spiro atoms. The number of oxazole rings is 1. The quantitative estimate of drug-likeness (QED) is 0.787. The van der Waals surface area contributed by atoms with E-state index in [1.54, 1.807) is 25.3 Å². The zero-order chi connectivity index (χ0) is 15.4. The van der Waals surface area contributed by atoms with Crippen LogP contribution in [0.25, 0.3) is 11.5 Å². The lowest BCUT2D eigenvalue weighted by Gasteiger charge is -2.05. The Morgan fingerprint density at radius 3 is 2.76 bits per heavy atom. The van der Waals surface area contributed by atoms with E-state index in [0.717, 1.165) is 6.42 Å². The number of carbonyl (C=O) groups is 1. The summed E-state index contributed by atoms with van der Waals surface area (Å²) in [4.78, 5) is 16.1. The van der Waals surface area contributed by atoms with Crippen molar-refractivity contribution in [3.05, 3.63) is 34.7 Å². The van der Waals surface area contributed by atoms with E-state index < -0.39 is 5.97 Å². The third kappa shape index (κ3) is 3.19. The first-order valence-electron chi connectivity index (χ1n) is 6.52. The summed E-state index contributed by atoms with van der Waals surface area (Å²) in [6, 6.07) is 5.11. The van der Waals surface area contributed by atoms with E-state index in [4.69, 9.17) is 25.5 Å². The highest BCUT2D eigenvalue weighted by molar-refractivity contribution is 6.30. The second-order valence-corrected chi connectivity index (χ2v) is 4.82. The Morgan fingerprint density at radius 2 is 2.14 bits per heavy atom. The van der Waals surface area contributed by atoms with Gasteiger partial charge < -0.3 is 13.9 Å². The SMILES string of the molecule is CCCc1nc(-c2cc(Cl)ccc2OC)oc1C(=O)OC. The van der Waals surface area contributed by atoms with Crippen LogP contribution in [0.2, 0.25) is 5.02 Å². The summed E-state index contributed by atoms with van der Waals surface area (Å²) in [7, 11) is 2.85. The lowest BCUT2D eigenvalue weighted by molar-refractivity contribution is 0.0564. The number of benzene rings is 1. The van der Waals surface area contributed by atoms with Crippen molar-refractivity contribution < 1.29 is 18.7 Å². The van der Waals surface area contributed by atoms with Gasteiger partial charge in [-0.05, 0) is 24.6 Å². The van der Waals surface area contributed by atoms with E-state index in [1.807, 2.05) is 6.92 Å². The normalized spacial score (nSPS) is 10.5. The van der Waals surface area contributed by atoms with E-state index in [1.165, 1.54) is 7.11 Å². The summed E-state index contributed by atoms with van der Waals surface area (Å²) in [5, 5.41) is 0.528. The standard InChI is InChI=1S/C15H16ClNO4/c1-4-5-11-13(15(18)20-3)21-14(17-11)10-8-9(16)6-7-12(10)19-2/h6-8H,4-5H2,1-3H3. The predicted molar refractivity (Wildman–Crippen MR) is 78.8 cm³/mol. The molecule has 0 N–H and O–H groups in total. The molecule has 0 aliphatic rings. The Kier molecular flexibility index (Phi) is 4.85. The smallest absolute Gasteiger partial charge is 0.376 e. The number of methoxy groups -OCH3 is 2. The number of rotatable bonds is 5. The summed E-state index contributed by atoms with van der Waals surface area (Å²) >= 11 is 6.00. The largest absolute Gasteiger partial charge is 0.496 e. The predicted octanol–water partition coefficient (Wildman–Crippen LogP) is 3.74. The van der Waals surface area contributed by atoms with Gasteiger partial charge in [-0.3, -0.25) is 0 Å². The van der Waals surface area contributed by atoms with E-state index in [0.29, 0.717) is 34.3 Å². The molecule has 1 aromatic heterocycles. The number of ether oxygens (including phenoxy) is 2. The molecule has 0 saturated heterocycles. The van der Waals surface area contributed by atoms with Gasteiger partial charge in [0.05, 0.1) is 25.5 Å². The van der Waals surface area contributed by atoms with Gasteiger partial charge in [-0.1, -0.05) is 24.9 Å². The first-order chi connectivity index (χ1) is 10.1. The summed E-state index contributed by atoms with van der Waals surface area (Å²) in [5.74, 6) is 0.438. The van der Waals surface area contributed by atoms with Gasteiger partial charge in [0.1, 0.15) is 5.75 Å². The minimum atomic E-state index is -0.543. The van der Waals surface area contributed by atoms with E-state index in [2.05, 4.69) is 4.98 Å². The minimum Gasteiger partial charge on any atom is -0.496 e. The topological polar surface area (TPSA) is 61.6 Å². The second kappa shape index (κ2) is 6.63. The summed E-state index contributed by atoms with van der Waals surface area (Å²) in [5.41, 5.74) is 1.17. The van der Waals surface area contributed by atoms with Crippen molar-refractivity contribution >= 4 is 17.6 Å². The van der Waals surface area contributed by atoms with Gasteiger partial charge in [0.25, 0.3) is 0 Å². The molecule has 0 fully saturated rings. The number of halogens is 1. The fraction of sp³-hybridized carbons (Fsp3) is 0.333. The molecule has 2 aromatic rings. The van der Waals surface area contributed by atoms with E-state index >= 15 is 0 Å². The van der Waals surface area contributed by atoms with Crippen molar-refractivity contribution in [2.75, 3.05) is 14.2 Å². The number of carbonyl (C=O) groups excluding carboxylic acids is 1. The average Bonchev–Trinajstić information content (AvgIpc) is 2.90. The lowest BCUT2D eigenvalue weighted by Crippen LogP contribution is -2.03. The molecule has 0 atom stereocenters. The number of hydrogen-bond acceptors (Lipinski definition) is 5. The highest BCUT2D eigenvalue weighted by Crippen LogP contribution is 2.33.